The van der Waals surface area contributed by atoms with E-state index in [-0.39, 0.29) is 17.9 Å². The molecule has 2 N–H and O–H groups in total. The van der Waals surface area contributed by atoms with Crippen molar-refractivity contribution in [3.05, 3.63) is 36.3 Å². The first-order valence-corrected chi connectivity index (χ1v) is 7.55. The maximum absolute atomic E-state index is 12.7. The molecule has 23 heavy (non-hydrogen) atoms. The molecule has 0 spiro atoms. The number of rotatable bonds is 3. The minimum atomic E-state index is -0.0879. The lowest BCUT2D eigenvalue weighted by Crippen LogP contribution is -2.40. The number of pyridine rings is 1. The smallest absolute Gasteiger partial charge is 0.272 e. The van der Waals surface area contributed by atoms with Gasteiger partial charge in [-0.1, -0.05) is 6.07 Å². The van der Waals surface area contributed by atoms with Crippen molar-refractivity contribution in [2.45, 2.75) is 18.9 Å². The monoisotopic (exact) mass is 313 g/mol. The predicted octanol–water partition coefficient (Wildman–Crippen LogP) is 1.37. The molecule has 7 nitrogen and oxygen atoms in total. The van der Waals surface area contributed by atoms with Crippen LogP contribution in [0, 0.1) is 0 Å². The quantitative estimate of drug-likeness (QED) is 0.919. The SMILES string of the molecule is CN(C(=O)c1cccc(-c2cnc(N)nc2)n1)C1CCOCC1. The van der Waals surface area contributed by atoms with E-state index in [0.717, 1.165) is 18.4 Å². The molecule has 7 heteroatoms. The molecule has 1 fully saturated rings. The molecule has 0 atom stereocenters. The molecule has 0 radical (unpaired) electrons. The molecule has 3 rings (SSSR count). The lowest BCUT2D eigenvalue weighted by Gasteiger charge is -2.31. The first kappa shape index (κ1) is 15.4. The van der Waals surface area contributed by atoms with Gasteiger partial charge in [-0.2, -0.15) is 0 Å². The summed E-state index contributed by atoms with van der Waals surface area (Å²) in [4.78, 5) is 26.8. The highest BCUT2D eigenvalue weighted by Crippen LogP contribution is 2.18. The van der Waals surface area contributed by atoms with Crippen LogP contribution in [0.3, 0.4) is 0 Å². The second-order valence-electron chi connectivity index (χ2n) is 5.50. The number of ether oxygens (including phenoxy) is 1. The van der Waals surface area contributed by atoms with Gasteiger partial charge in [0.15, 0.2) is 0 Å². The average Bonchev–Trinajstić information content (AvgIpc) is 2.62. The molecular weight excluding hydrogens is 294 g/mol. The van der Waals surface area contributed by atoms with Gasteiger partial charge in [-0.05, 0) is 25.0 Å². The molecule has 3 heterocycles. The van der Waals surface area contributed by atoms with E-state index in [9.17, 15) is 4.79 Å². The molecule has 1 amide bonds. The van der Waals surface area contributed by atoms with Crippen LogP contribution in [0.5, 0.6) is 0 Å². The summed E-state index contributed by atoms with van der Waals surface area (Å²) in [6, 6.07) is 5.55. The molecule has 120 valence electrons. The van der Waals surface area contributed by atoms with Gasteiger partial charge in [0.2, 0.25) is 5.95 Å². The van der Waals surface area contributed by atoms with Crippen molar-refractivity contribution in [2.24, 2.45) is 0 Å². The number of hydrogen-bond donors (Lipinski definition) is 1. The van der Waals surface area contributed by atoms with Crippen molar-refractivity contribution in [2.75, 3.05) is 26.0 Å². The molecule has 0 aliphatic carbocycles. The lowest BCUT2D eigenvalue weighted by molar-refractivity contribution is 0.0359. The molecule has 2 aromatic heterocycles. The third-order valence-corrected chi connectivity index (χ3v) is 3.99. The zero-order valence-electron chi connectivity index (χ0n) is 13.0. The lowest BCUT2D eigenvalue weighted by atomic mass is 10.1. The number of nitrogen functional groups attached to an aromatic ring is 1. The number of carbonyl (C=O) groups excluding carboxylic acids is 1. The summed E-state index contributed by atoms with van der Waals surface area (Å²) in [5.74, 6) is 0.121. The third-order valence-electron chi connectivity index (χ3n) is 3.99. The van der Waals surface area contributed by atoms with Crippen LogP contribution in [0.15, 0.2) is 30.6 Å². The standard InChI is InChI=1S/C16H19N5O2/c1-21(12-5-7-23-8-6-12)15(22)14-4-2-3-13(20-14)11-9-18-16(17)19-10-11/h2-4,9-10,12H,5-8H2,1H3,(H2,17,18,19). The number of hydrogen-bond acceptors (Lipinski definition) is 6. The number of carbonyl (C=O) groups is 1. The maximum Gasteiger partial charge on any atom is 0.272 e. The highest BCUT2D eigenvalue weighted by atomic mass is 16.5. The van der Waals surface area contributed by atoms with Gasteiger partial charge >= 0.3 is 0 Å². The Labute approximate surface area is 134 Å². The molecule has 1 saturated heterocycles. The maximum atomic E-state index is 12.7. The average molecular weight is 313 g/mol. The highest BCUT2D eigenvalue weighted by molar-refractivity contribution is 5.92. The fourth-order valence-electron chi connectivity index (χ4n) is 2.60. The Morgan fingerprint density at radius 3 is 2.65 bits per heavy atom. The van der Waals surface area contributed by atoms with Crippen molar-refractivity contribution in [3.8, 4) is 11.3 Å². The normalized spacial score (nSPS) is 15.3. The number of nitrogens with zero attached hydrogens (tertiary/aromatic N) is 4. The predicted molar refractivity (Wildman–Crippen MR) is 85.6 cm³/mol. The largest absolute Gasteiger partial charge is 0.381 e. The fourth-order valence-corrected chi connectivity index (χ4v) is 2.60. The van der Waals surface area contributed by atoms with Crippen LogP contribution in [-0.4, -0.2) is 52.1 Å². The molecule has 1 aliphatic heterocycles. The van der Waals surface area contributed by atoms with E-state index in [1.54, 1.807) is 23.4 Å². The Hall–Kier alpha value is -2.54. The summed E-state index contributed by atoms with van der Waals surface area (Å²) in [6.07, 6.45) is 4.91. The summed E-state index contributed by atoms with van der Waals surface area (Å²) < 4.78 is 5.34. The molecule has 0 unspecified atom stereocenters. The highest BCUT2D eigenvalue weighted by Gasteiger charge is 2.24. The Balaban J connectivity index is 1.81. The number of amides is 1. The molecule has 1 aliphatic rings. The third kappa shape index (κ3) is 3.45. The fraction of sp³-hybridized carbons (Fsp3) is 0.375. The second kappa shape index (κ2) is 6.70. The number of nitrogens with two attached hydrogens (primary N) is 1. The molecular formula is C16H19N5O2. The Morgan fingerprint density at radius 1 is 1.26 bits per heavy atom. The molecule has 2 aromatic rings. The van der Waals surface area contributed by atoms with Gasteiger partial charge in [0.25, 0.3) is 5.91 Å². The summed E-state index contributed by atoms with van der Waals surface area (Å²) in [5, 5.41) is 0. The van der Waals surface area contributed by atoms with Crippen molar-refractivity contribution < 1.29 is 9.53 Å². The van der Waals surface area contributed by atoms with Gasteiger partial charge in [0.1, 0.15) is 5.69 Å². The van der Waals surface area contributed by atoms with Crippen LogP contribution < -0.4 is 5.73 Å². The van der Waals surface area contributed by atoms with E-state index < -0.39 is 0 Å². The van der Waals surface area contributed by atoms with Gasteiger partial charge in [0.05, 0.1) is 5.69 Å². The van der Waals surface area contributed by atoms with Crippen LogP contribution in [0.2, 0.25) is 0 Å². The topological polar surface area (TPSA) is 94.2 Å². The zero-order chi connectivity index (χ0) is 16.2. The van der Waals surface area contributed by atoms with Gasteiger partial charge in [-0.25, -0.2) is 15.0 Å². The van der Waals surface area contributed by atoms with E-state index in [0.29, 0.717) is 24.6 Å². The summed E-state index contributed by atoms with van der Waals surface area (Å²) in [5.41, 5.74) is 7.28. The minimum Gasteiger partial charge on any atom is -0.381 e. The van der Waals surface area contributed by atoms with Crippen molar-refractivity contribution in [3.63, 3.8) is 0 Å². The van der Waals surface area contributed by atoms with Gasteiger partial charge in [0, 0.05) is 44.3 Å². The first-order valence-electron chi connectivity index (χ1n) is 7.55. The zero-order valence-corrected chi connectivity index (χ0v) is 13.0. The molecule has 0 bridgehead atoms. The Bertz CT molecular complexity index is 683. The molecule has 0 aromatic carbocycles. The van der Waals surface area contributed by atoms with E-state index in [2.05, 4.69) is 15.0 Å². The van der Waals surface area contributed by atoms with Crippen LogP contribution in [0.1, 0.15) is 23.3 Å². The van der Waals surface area contributed by atoms with Gasteiger partial charge < -0.3 is 15.4 Å². The van der Waals surface area contributed by atoms with E-state index in [4.69, 9.17) is 10.5 Å². The van der Waals surface area contributed by atoms with Crippen molar-refractivity contribution in [1.29, 1.82) is 0 Å². The van der Waals surface area contributed by atoms with E-state index in [1.165, 1.54) is 0 Å². The second-order valence-corrected chi connectivity index (χ2v) is 5.50. The van der Waals surface area contributed by atoms with Crippen molar-refractivity contribution >= 4 is 11.9 Å². The van der Waals surface area contributed by atoms with E-state index >= 15 is 0 Å². The van der Waals surface area contributed by atoms with Crippen molar-refractivity contribution in [1.82, 2.24) is 19.9 Å². The summed E-state index contributed by atoms with van der Waals surface area (Å²) >= 11 is 0. The first-order chi connectivity index (χ1) is 11.1. The van der Waals surface area contributed by atoms with Crippen LogP contribution in [0.4, 0.5) is 5.95 Å². The van der Waals surface area contributed by atoms with Crippen LogP contribution in [-0.2, 0) is 4.74 Å². The summed E-state index contributed by atoms with van der Waals surface area (Å²) in [6.45, 7) is 1.39. The number of anilines is 1. The van der Waals surface area contributed by atoms with Gasteiger partial charge in [-0.15, -0.1) is 0 Å². The van der Waals surface area contributed by atoms with Crippen LogP contribution >= 0.6 is 0 Å². The Kier molecular flexibility index (Phi) is 4.47. The summed E-state index contributed by atoms with van der Waals surface area (Å²) in [7, 11) is 1.82. The van der Waals surface area contributed by atoms with Gasteiger partial charge in [-0.3, -0.25) is 4.79 Å². The molecule has 0 saturated carbocycles. The Morgan fingerprint density at radius 2 is 1.96 bits per heavy atom. The van der Waals surface area contributed by atoms with E-state index in [1.807, 2.05) is 19.2 Å². The number of aromatic nitrogens is 3. The van der Waals surface area contributed by atoms with Crippen LogP contribution in [0.25, 0.3) is 11.3 Å². The minimum absolute atomic E-state index is 0.0879.